The number of aromatic nitrogens is 1. The molecule has 1 aromatic heterocycles. The summed E-state index contributed by atoms with van der Waals surface area (Å²) < 4.78 is 0. The van der Waals surface area contributed by atoms with Crippen LogP contribution in [0.2, 0.25) is 0 Å². The number of benzene rings is 1. The summed E-state index contributed by atoms with van der Waals surface area (Å²) in [6, 6.07) is 16.7. The van der Waals surface area contributed by atoms with Crippen LogP contribution >= 0.6 is 0 Å². The minimum Gasteiger partial charge on any atom is -0.471 e. The first-order valence-corrected chi connectivity index (χ1v) is 5.47. The van der Waals surface area contributed by atoms with Crippen LogP contribution in [0.5, 0.6) is 0 Å². The predicted octanol–water partition coefficient (Wildman–Crippen LogP) is 1.72. The first kappa shape index (κ1) is 10.8. The van der Waals surface area contributed by atoms with Crippen molar-refractivity contribution in [3.8, 4) is 0 Å². The molecule has 2 aromatic rings. The molecule has 82 valence electrons. The number of quaternary nitrogens is 1. The van der Waals surface area contributed by atoms with Gasteiger partial charge >= 0.3 is 0 Å². The van der Waals surface area contributed by atoms with E-state index in [9.17, 15) is 0 Å². The normalized spacial score (nSPS) is 12.3. The first-order valence-electron chi connectivity index (χ1n) is 5.47. The average molecular weight is 212 g/mol. The zero-order valence-electron chi connectivity index (χ0n) is 9.21. The Bertz CT molecular complexity index is 411. The van der Waals surface area contributed by atoms with Crippen LogP contribution in [-0.4, -0.2) is 4.98 Å². The van der Waals surface area contributed by atoms with Crippen molar-refractivity contribution in [1.82, 2.24) is 4.98 Å². The molecule has 0 fully saturated rings. The van der Waals surface area contributed by atoms with Gasteiger partial charge < -0.3 is 5.32 Å². The maximum Gasteiger partial charge on any atom is 0.109 e. The van der Waals surface area contributed by atoms with E-state index in [-0.39, 0.29) is 0 Å². The molecule has 0 bridgehead atoms. The standard InChI is InChI=1S/C14H16N2/c1-15-14(13-9-5-6-10-16-13)11-12-7-3-2-4-8-12/h2-10,14H,1,11,15H2. The smallest absolute Gasteiger partial charge is 0.109 e. The average Bonchev–Trinajstić information content (AvgIpc) is 2.38. The molecule has 1 heterocycles. The summed E-state index contributed by atoms with van der Waals surface area (Å²) >= 11 is 0. The largest absolute Gasteiger partial charge is 0.471 e. The van der Waals surface area contributed by atoms with Gasteiger partial charge in [-0.3, -0.25) is 4.98 Å². The molecule has 0 aliphatic carbocycles. The molecular weight excluding hydrogens is 196 g/mol. The Balaban J connectivity index is 2.13. The molecule has 0 saturated carbocycles. The van der Waals surface area contributed by atoms with Crippen LogP contribution in [0, 0.1) is 7.05 Å². The molecule has 1 atom stereocenters. The van der Waals surface area contributed by atoms with Gasteiger partial charge in [0.25, 0.3) is 0 Å². The van der Waals surface area contributed by atoms with Crippen LogP contribution in [0.15, 0.2) is 54.7 Å². The highest BCUT2D eigenvalue weighted by Crippen LogP contribution is 2.12. The van der Waals surface area contributed by atoms with Gasteiger partial charge in [0, 0.05) is 12.6 Å². The van der Waals surface area contributed by atoms with Crippen LogP contribution in [0.3, 0.4) is 0 Å². The Labute approximate surface area is 96.4 Å². The summed E-state index contributed by atoms with van der Waals surface area (Å²) in [5.41, 5.74) is 2.40. The second-order valence-corrected chi connectivity index (χ2v) is 3.79. The molecule has 16 heavy (non-hydrogen) atoms. The summed E-state index contributed by atoms with van der Waals surface area (Å²) in [7, 11) is 3.89. The topological polar surface area (TPSA) is 29.5 Å². The van der Waals surface area contributed by atoms with E-state index in [2.05, 4.69) is 42.4 Å². The van der Waals surface area contributed by atoms with Gasteiger partial charge in [0.2, 0.25) is 0 Å². The van der Waals surface area contributed by atoms with E-state index in [4.69, 9.17) is 0 Å². The molecule has 0 radical (unpaired) electrons. The Morgan fingerprint density at radius 1 is 1.06 bits per heavy atom. The van der Waals surface area contributed by atoms with Crippen molar-refractivity contribution < 1.29 is 5.32 Å². The van der Waals surface area contributed by atoms with Crippen molar-refractivity contribution in [2.75, 3.05) is 0 Å². The Hall–Kier alpha value is -1.67. The molecule has 2 N–H and O–H groups in total. The molecule has 0 aliphatic heterocycles. The van der Waals surface area contributed by atoms with Gasteiger partial charge in [-0.2, -0.15) is 7.05 Å². The van der Waals surface area contributed by atoms with E-state index in [0.29, 0.717) is 6.04 Å². The maximum absolute atomic E-state index is 4.37. The number of hydrogen-bond donors (Lipinski definition) is 1. The van der Waals surface area contributed by atoms with Gasteiger partial charge in [0.1, 0.15) is 6.04 Å². The van der Waals surface area contributed by atoms with Crippen LogP contribution in [0.25, 0.3) is 0 Å². The van der Waals surface area contributed by atoms with Crippen LogP contribution in [0.4, 0.5) is 0 Å². The lowest BCUT2D eigenvalue weighted by Crippen LogP contribution is -2.79. The van der Waals surface area contributed by atoms with E-state index in [0.717, 1.165) is 12.1 Å². The highest BCUT2D eigenvalue weighted by Gasteiger charge is 2.11. The van der Waals surface area contributed by atoms with Gasteiger partial charge in [0.05, 0.1) is 5.69 Å². The zero-order chi connectivity index (χ0) is 11.2. The monoisotopic (exact) mass is 212 g/mol. The molecule has 2 heteroatoms. The minimum absolute atomic E-state index is 0.295. The Kier molecular flexibility index (Phi) is 3.67. The van der Waals surface area contributed by atoms with Crippen molar-refractivity contribution in [3.05, 3.63) is 73.0 Å². The van der Waals surface area contributed by atoms with Gasteiger partial charge in [-0.05, 0) is 17.7 Å². The third-order valence-corrected chi connectivity index (χ3v) is 2.65. The van der Waals surface area contributed by atoms with Gasteiger partial charge in [-0.15, -0.1) is 0 Å². The second kappa shape index (κ2) is 5.42. The van der Waals surface area contributed by atoms with E-state index in [1.54, 1.807) is 0 Å². The molecule has 0 saturated heterocycles. The summed E-state index contributed by atoms with van der Waals surface area (Å²) in [6.07, 6.45) is 2.79. The quantitative estimate of drug-likeness (QED) is 0.768. The fourth-order valence-corrected chi connectivity index (χ4v) is 1.77. The number of hydrogen-bond acceptors (Lipinski definition) is 1. The predicted molar refractivity (Wildman–Crippen MR) is 64.4 cm³/mol. The molecule has 1 unspecified atom stereocenters. The van der Waals surface area contributed by atoms with Gasteiger partial charge in [-0.25, -0.2) is 0 Å². The summed E-state index contributed by atoms with van der Waals surface area (Å²) in [5, 5.41) is 1.97. The highest BCUT2D eigenvalue weighted by atomic mass is 14.9. The first-order chi connectivity index (χ1) is 7.90. The van der Waals surface area contributed by atoms with E-state index in [1.807, 2.05) is 29.7 Å². The molecule has 0 aliphatic rings. The van der Waals surface area contributed by atoms with Crippen molar-refractivity contribution in [2.45, 2.75) is 12.5 Å². The van der Waals surface area contributed by atoms with E-state index in [1.165, 1.54) is 5.56 Å². The lowest BCUT2D eigenvalue weighted by molar-refractivity contribution is -0.641. The van der Waals surface area contributed by atoms with Gasteiger partial charge in [0.15, 0.2) is 0 Å². The van der Waals surface area contributed by atoms with E-state index >= 15 is 0 Å². The number of nitrogens with zero attached hydrogens (tertiary/aromatic N) is 1. The fraction of sp³-hybridized carbons (Fsp3) is 0.143. The minimum atomic E-state index is 0.295. The summed E-state index contributed by atoms with van der Waals surface area (Å²) in [4.78, 5) is 4.37. The summed E-state index contributed by atoms with van der Waals surface area (Å²) in [5.74, 6) is 0. The lowest BCUT2D eigenvalue weighted by Gasteiger charge is -2.15. The maximum atomic E-state index is 4.37. The number of rotatable bonds is 4. The Morgan fingerprint density at radius 2 is 1.81 bits per heavy atom. The molecule has 1 aromatic carbocycles. The van der Waals surface area contributed by atoms with E-state index < -0.39 is 0 Å². The third-order valence-electron chi connectivity index (χ3n) is 2.65. The molecule has 2 nitrogen and oxygen atoms in total. The van der Waals surface area contributed by atoms with Crippen molar-refractivity contribution >= 4 is 0 Å². The van der Waals surface area contributed by atoms with Crippen molar-refractivity contribution in [1.29, 1.82) is 0 Å². The van der Waals surface area contributed by atoms with Gasteiger partial charge in [-0.1, -0.05) is 36.4 Å². The molecule has 0 amide bonds. The highest BCUT2D eigenvalue weighted by molar-refractivity contribution is 5.18. The summed E-state index contributed by atoms with van der Waals surface area (Å²) in [6.45, 7) is 0. The number of pyridine rings is 1. The van der Waals surface area contributed by atoms with Crippen molar-refractivity contribution in [2.24, 2.45) is 0 Å². The fourth-order valence-electron chi connectivity index (χ4n) is 1.77. The molecule has 0 spiro atoms. The molecule has 2 rings (SSSR count). The van der Waals surface area contributed by atoms with Crippen molar-refractivity contribution in [3.63, 3.8) is 0 Å². The number of nitrogens with two attached hydrogens (primary N) is 1. The van der Waals surface area contributed by atoms with Crippen LogP contribution in [0.1, 0.15) is 17.3 Å². The Morgan fingerprint density at radius 3 is 2.44 bits per heavy atom. The van der Waals surface area contributed by atoms with Crippen LogP contribution in [-0.2, 0) is 6.42 Å². The lowest BCUT2D eigenvalue weighted by atomic mass is 10.0. The zero-order valence-corrected chi connectivity index (χ0v) is 9.21. The molecular formula is C14H16N2. The third kappa shape index (κ3) is 2.67. The van der Waals surface area contributed by atoms with Crippen LogP contribution < -0.4 is 5.32 Å². The second-order valence-electron chi connectivity index (χ2n) is 3.79. The SMILES string of the molecule is [CH2-][NH2+]C(Cc1ccccc1)c1ccccn1.